The maximum atomic E-state index is 5.77. The van der Waals surface area contributed by atoms with E-state index in [2.05, 4.69) is 20.0 Å². The minimum Gasteiger partial charge on any atom is -0.494 e. The van der Waals surface area contributed by atoms with E-state index in [-0.39, 0.29) is 0 Å². The van der Waals surface area contributed by atoms with Crippen molar-refractivity contribution in [3.05, 3.63) is 30.4 Å². The Labute approximate surface area is 98.8 Å². The predicted octanol–water partition coefficient (Wildman–Crippen LogP) is 1.66. The fourth-order valence-electron chi connectivity index (χ4n) is 1.43. The number of hydrogen-bond donors (Lipinski definition) is 2. The van der Waals surface area contributed by atoms with E-state index in [1.54, 1.807) is 6.07 Å². The Morgan fingerprint density at radius 3 is 3.00 bits per heavy atom. The Hall–Kier alpha value is -2.24. The van der Waals surface area contributed by atoms with Crippen LogP contribution in [-0.2, 0) is 6.54 Å². The molecule has 1 aromatic heterocycles. The van der Waals surface area contributed by atoms with Gasteiger partial charge in [0.2, 0.25) is 6.39 Å². The topological polar surface area (TPSA) is 86.2 Å². The van der Waals surface area contributed by atoms with E-state index in [9.17, 15) is 0 Å². The number of nitrogens with two attached hydrogens (primary N) is 1. The minimum atomic E-state index is 0.478. The van der Waals surface area contributed by atoms with Crippen molar-refractivity contribution in [1.29, 1.82) is 0 Å². The molecular formula is C11H14N4O2. The zero-order valence-corrected chi connectivity index (χ0v) is 9.51. The summed E-state index contributed by atoms with van der Waals surface area (Å²) in [5.41, 5.74) is 7.27. The molecule has 17 heavy (non-hydrogen) atoms. The molecule has 90 valence electrons. The number of benzene rings is 1. The summed E-state index contributed by atoms with van der Waals surface area (Å²) in [6, 6.07) is 5.48. The van der Waals surface area contributed by atoms with Crippen LogP contribution < -0.4 is 15.8 Å². The molecule has 1 aromatic carbocycles. The molecule has 0 aliphatic rings. The molecule has 0 radical (unpaired) electrons. The number of rotatable bonds is 5. The average molecular weight is 234 g/mol. The molecule has 0 saturated heterocycles. The molecule has 0 fully saturated rings. The summed E-state index contributed by atoms with van der Waals surface area (Å²) in [6.45, 7) is 3.01. The summed E-state index contributed by atoms with van der Waals surface area (Å²) in [5.74, 6) is 1.33. The van der Waals surface area contributed by atoms with Gasteiger partial charge in [0.1, 0.15) is 5.75 Å². The van der Waals surface area contributed by atoms with Gasteiger partial charge < -0.3 is 20.3 Å². The Kier molecular flexibility index (Phi) is 3.44. The SMILES string of the molecule is CCOc1cc(N)cc(NCc2ncon2)c1. The summed E-state index contributed by atoms with van der Waals surface area (Å²) < 4.78 is 10.0. The van der Waals surface area contributed by atoms with Gasteiger partial charge in [-0.15, -0.1) is 0 Å². The molecule has 6 heteroatoms. The lowest BCUT2D eigenvalue weighted by molar-refractivity contribution is 0.340. The van der Waals surface area contributed by atoms with Crippen LogP contribution in [0.4, 0.5) is 11.4 Å². The normalized spacial score (nSPS) is 10.2. The maximum absolute atomic E-state index is 5.77. The van der Waals surface area contributed by atoms with E-state index in [0.717, 1.165) is 11.4 Å². The Morgan fingerprint density at radius 1 is 1.41 bits per heavy atom. The van der Waals surface area contributed by atoms with Crippen molar-refractivity contribution < 1.29 is 9.26 Å². The Bertz CT molecular complexity index is 470. The van der Waals surface area contributed by atoms with Crippen LogP contribution in [0.5, 0.6) is 5.75 Å². The van der Waals surface area contributed by atoms with Crippen LogP contribution in [0, 0.1) is 0 Å². The van der Waals surface area contributed by atoms with E-state index in [1.807, 2.05) is 19.1 Å². The van der Waals surface area contributed by atoms with Crippen LogP contribution in [-0.4, -0.2) is 16.7 Å². The second-order valence-corrected chi connectivity index (χ2v) is 3.42. The molecule has 0 amide bonds. The molecule has 0 unspecified atom stereocenters. The van der Waals surface area contributed by atoms with Crippen molar-refractivity contribution in [3.8, 4) is 5.75 Å². The van der Waals surface area contributed by atoms with Gasteiger partial charge in [-0.05, 0) is 13.0 Å². The van der Waals surface area contributed by atoms with E-state index < -0.39 is 0 Å². The van der Waals surface area contributed by atoms with Crippen molar-refractivity contribution in [3.63, 3.8) is 0 Å². The van der Waals surface area contributed by atoms with Crippen LogP contribution >= 0.6 is 0 Å². The van der Waals surface area contributed by atoms with E-state index in [0.29, 0.717) is 24.7 Å². The molecule has 2 aromatic rings. The average Bonchev–Trinajstić information content (AvgIpc) is 2.79. The minimum absolute atomic E-state index is 0.478. The van der Waals surface area contributed by atoms with Crippen molar-refractivity contribution >= 4 is 11.4 Å². The number of anilines is 2. The first kappa shape index (κ1) is 11.3. The van der Waals surface area contributed by atoms with Gasteiger partial charge in [0.05, 0.1) is 13.2 Å². The van der Waals surface area contributed by atoms with Gasteiger partial charge in [-0.2, -0.15) is 4.98 Å². The highest BCUT2D eigenvalue weighted by Crippen LogP contribution is 2.22. The molecule has 2 rings (SSSR count). The van der Waals surface area contributed by atoms with Crippen LogP contribution in [0.25, 0.3) is 0 Å². The number of nitrogens with zero attached hydrogens (tertiary/aromatic N) is 2. The number of aromatic nitrogens is 2. The third-order valence-corrected chi connectivity index (χ3v) is 2.10. The first-order valence-electron chi connectivity index (χ1n) is 5.30. The molecule has 0 bridgehead atoms. The number of hydrogen-bond acceptors (Lipinski definition) is 6. The molecule has 0 atom stereocenters. The highest BCUT2D eigenvalue weighted by Gasteiger charge is 2.02. The van der Waals surface area contributed by atoms with Crippen molar-refractivity contribution in [2.45, 2.75) is 13.5 Å². The fraction of sp³-hybridized carbons (Fsp3) is 0.273. The summed E-state index contributed by atoms with van der Waals surface area (Å²) in [7, 11) is 0. The highest BCUT2D eigenvalue weighted by molar-refractivity contribution is 5.59. The molecule has 0 aliphatic carbocycles. The van der Waals surface area contributed by atoms with E-state index in [4.69, 9.17) is 10.5 Å². The molecule has 0 aliphatic heterocycles. The molecule has 3 N–H and O–H groups in total. The Balaban J connectivity index is 2.04. The zero-order valence-electron chi connectivity index (χ0n) is 9.51. The molecule has 0 saturated carbocycles. The van der Waals surface area contributed by atoms with E-state index in [1.165, 1.54) is 6.39 Å². The molecule has 6 nitrogen and oxygen atoms in total. The summed E-state index contributed by atoms with van der Waals surface area (Å²) >= 11 is 0. The zero-order chi connectivity index (χ0) is 12.1. The fourth-order valence-corrected chi connectivity index (χ4v) is 1.43. The van der Waals surface area contributed by atoms with Gasteiger partial charge in [0.25, 0.3) is 0 Å². The van der Waals surface area contributed by atoms with Crippen LogP contribution in [0.2, 0.25) is 0 Å². The monoisotopic (exact) mass is 234 g/mol. The maximum Gasteiger partial charge on any atom is 0.213 e. The van der Waals surface area contributed by atoms with Gasteiger partial charge in [-0.3, -0.25) is 0 Å². The van der Waals surface area contributed by atoms with Gasteiger partial charge in [0, 0.05) is 23.5 Å². The summed E-state index contributed by atoms with van der Waals surface area (Å²) in [6.07, 6.45) is 1.29. The second kappa shape index (κ2) is 5.20. The van der Waals surface area contributed by atoms with Crippen LogP contribution in [0.15, 0.2) is 29.1 Å². The lowest BCUT2D eigenvalue weighted by atomic mass is 10.2. The quantitative estimate of drug-likeness (QED) is 0.765. The van der Waals surface area contributed by atoms with Crippen molar-refractivity contribution in [2.24, 2.45) is 0 Å². The molecule has 1 heterocycles. The van der Waals surface area contributed by atoms with Gasteiger partial charge in [-0.1, -0.05) is 5.16 Å². The lowest BCUT2D eigenvalue weighted by Gasteiger charge is -2.09. The van der Waals surface area contributed by atoms with Crippen molar-refractivity contribution in [2.75, 3.05) is 17.7 Å². The largest absolute Gasteiger partial charge is 0.494 e. The smallest absolute Gasteiger partial charge is 0.213 e. The van der Waals surface area contributed by atoms with Gasteiger partial charge in [0.15, 0.2) is 5.82 Å². The standard InChI is InChI=1S/C11H14N4O2/c1-2-16-10-4-8(12)3-9(5-10)13-6-11-14-7-17-15-11/h3-5,7,13H,2,6,12H2,1H3. The predicted molar refractivity (Wildman–Crippen MR) is 63.6 cm³/mol. The van der Waals surface area contributed by atoms with E-state index >= 15 is 0 Å². The first-order chi connectivity index (χ1) is 8.28. The third-order valence-electron chi connectivity index (χ3n) is 2.10. The molecular weight excluding hydrogens is 220 g/mol. The summed E-state index contributed by atoms with van der Waals surface area (Å²) in [5, 5.41) is 6.84. The third kappa shape index (κ3) is 3.10. The second-order valence-electron chi connectivity index (χ2n) is 3.42. The van der Waals surface area contributed by atoms with Crippen LogP contribution in [0.3, 0.4) is 0 Å². The van der Waals surface area contributed by atoms with Gasteiger partial charge >= 0.3 is 0 Å². The number of nitrogen functional groups attached to an aromatic ring is 1. The first-order valence-corrected chi connectivity index (χ1v) is 5.30. The summed E-state index contributed by atoms with van der Waals surface area (Å²) in [4.78, 5) is 3.91. The lowest BCUT2D eigenvalue weighted by Crippen LogP contribution is -2.02. The van der Waals surface area contributed by atoms with Crippen LogP contribution in [0.1, 0.15) is 12.7 Å². The number of ether oxygens (including phenoxy) is 1. The Morgan fingerprint density at radius 2 is 2.29 bits per heavy atom. The number of nitrogens with one attached hydrogen (secondary N) is 1. The van der Waals surface area contributed by atoms with Gasteiger partial charge in [-0.25, -0.2) is 0 Å². The molecule has 0 spiro atoms. The van der Waals surface area contributed by atoms with Crippen molar-refractivity contribution in [1.82, 2.24) is 10.1 Å². The highest BCUT2D eigenvalue weighted by atomic mass is 16.5.